The fourth-order valence-corrected chi connectivity index (χ4v) is 2.19. The first-order chi connectivity index (χ1) is 11.2. The first-order valence-corrected chi connectivity index (χ1v) is 7.63. The summed E-state index contributed by atoms with van der Waals surface area (Å²) in [6.07, 6.45) is 3.55. The number of nitrogens with zero attached hydrogens (tertiary/aromatic N) is 4. The second-order valence-electron chi connectivity index (χ2n) is 5.11. The Bertz CT molecular complexity index is 637. The summed E-state index contributed by atoms with van der Waals surface area (Å²) in [6.45, 7) is 1.43. The topological polar surface area (TPSA) is 76.4 Å². The van der Waals surface area contributed by atoms with Gasteiger partial charge in [-0.1, -0.05) is 12.1 Å². The first-order valence-electron chi connectivity index (χ1n) is 7.63. The number of ether oxygens (including phenoxy) is 1. The van der Waals surface area contributed by atoms with Gasteiger partial charge in [-0.15, -0.1) is 0 Å². The Balaban J connectivity index is 1.70. The van der Waals surface area contributed by atoms with Crippen molar-refractivity contribution in [1.29, 1.82) is 0 Å². The summed E-state index contributed by atoms with van der Waals surface area (Å²) < 4.78 is 6.98. The molecule has 0 aliphatic heterocycles. The number of aromatic nitrogens is 3. The van der Waals surface area contributed by atoms with Crippen LogP contribution in [0.2, 0.25) is 0 Å². The Hall–Kier alpha value is -2.57. The second-order valence-corrected chi connectivity index (χ2v) is 5.11. The van der Waals surface area contributed by atoms with E-state index in [-0.39, 0.29) is 0 Å². The van der Waals surface area contributed by atoms with Crippen molar-refractivity contribution in [3.05, 3.63) is 42.0 Å². The van der Waals surface area contributed by atoms with Gasteiger partial charge in [-0.05, 0) is 30.5 Å². The van der Waals surface area contributed by atoms with E-state index in [1.807, 2.05) is 19.2 Å². The van der Waals surface area contributed by atoms with Gasteiger partial charge in [-0.3, -0.25) is 9.67 Å². The number of nitrogens with one attached hydrogen (secondary N) is 2. The van der Waals surface area contributed by atoms with Gasteiger partial charge in [-0.25, -0.2) is 4.98 Å². The van der Waals surface area contributed by atoms with Crippen molar-refractivity contribution in [1.82, 2.24) is 25.4 Å². The monoisotopic (exact) mass is 316 g/mol. The zero-order chi connectivity index (χ0) is 16.5. The molecule has 1 aromatic heterocycles. The summed E-state index contributed by atoms with van der Waals surface area (Å²) in [5.41, 5.74) is 1.27. The lowest BCUT2D eigenvalue weighted by atomic mass is 10.1. The van der Waals surface area contributed by atoms with Crippen LogP contribution >= 0.6 is 0 Å². The van der Waals surface area contributed by atoms with Gasteiger partial charge in [0.05, 0.1) is 13.7 Å². The zero-order valence-corrected chi connectivity index (χ0v) is 13.9. The minimum absolute atomic E-state index is 0.589. The molecule has 0 spiro atoms. The minimum atomic E-state index is 0.589. The van der Waals surface area contributed by atoms with E-state index in [4.69, 9.17) is 4.74 Å². The van der Waals surface area contributed by atoms with Gasteiger partial charge in [0.1, 0.15) is 17.9 Å². The second kappa shape index (κ2) is 8.77. The maximum atomic E-state index is 5.24. The molecular weight excluding hydrogens is 292 g/mol. The van der Waals surface area contributed by atoms with Crippen LogP contribution in [0.5, 0.6) is 5.75 Å². The zero-order valence-electron chi connectivity index (χ0n) is 13.9. The van der Waals surface area contributed by atoms with Crippen LogP contribution in [0.25, 0.3) is 0 Å². The summed E-state index contributed by atoms with van der Waals surface area (Å²) in [7, 11) is 5.32. The number of guanidine groups is 1. The molecule has 0 radical (unpaired) electrons. The standard InChI is InChI=1S/C16H24N6O/c1-17-16(19-11-15-20-12-21-22(15)2)18-9-5-7-13-6-4-8-14(10-13)23-3/h4,6,8,10,12H,5,7,9,11H2,1-3H3,(H2,17,18,19). The molecule has 0 saturated carbocycles. The SMILES string of the molecule is CN=C(NCCCc1cccc(OC)c1)NCc1ncnn1C. The van der Waals surface area contributed by atoms with Crippen LogP contribution in [0.1, 0.15) is 17.8 Å². The number of aliphatic imine (C=N–C) groups is 1. The van der Waals surface area contributed by atoms with Crippen molar-refractivity contribution in [2.45, 2.75) is 19.4 Å². The summed E-state index contributed by atoms with van der Waals surface area (Å²) in [6, 6.07) is 8.16. The Kier molecular flexibility index (Phi) is 6.40. The highest BCUT2D eigenvalue weighted by molar-refractivity contribution is 5.79. The molecule has 0 aliphatic rings. The van der Waals surface area contributed by atoms with Crippen LogP contribution in [0.3, 0.4) is 0 Å². The number of rotatable bonds is 7. The van der Waals surface area contributed by atoms with Crippen LogP contribution in [0.15, 0.2) is 35.6 Å². The van der Waals surface area contributed by atoms with Gasteiger partial charge in [0.15, 0.2) is 5.96 Å². The van der Waals surface area contributed by atoms with Crippen molar-refractivity contribution in [3.8, 4) is 5.75 Å². The lowest BCUT2D eigenvalue weighted by Crippen LogP contribution is -2.38. The smallest absolute Gasteiger partial charge is 0.191 e. The molecule has 0 amide bonds. The highest BCUT2D eigenvalue weighted by atomic mass is 16.5. The van der Waals surface area contributed by atoms with E-state index in [9.17, 15) is 0 Å². The van der Waals surface area contributed by atoms with E-state index in [1.54, 1.807) is 25.2 Å². The molecule has 2 aromatic rings. The lowest BCUT2D eigenvalue weighted by Gasteiger charge is -2.11. The van der Waals surface area contributed by atoms with Crippen LogP contribution in [0.4, 0.5) is 0 Å². The van der Waals surface area contributed by atoms with Gasteiger partial charge in [-0.2, -0.15) is 5.10 Å². The highest BCUT2D eigenvalue weighted by Gasteiger charge is 2.02. The largest absolute Gasteiger partial charge is 0.497 e. The average Bonchev–Trinajstić information content (AvgIpc) is 2.99. The predicted octanol–water partition coefficient (Wildman–Crippen LogP) is 1.12. The Morgan fingerprint density at radius 1 is 1.35 bits per heavy atom. The van der Waals surface area contributed by atoms with Gasteiger partial charge in [0, 0.05) is 20.6 Å². The lowest BCUT2D eigenvalue weighted by molar-refractivity contribution is 0.414. The highest BCUT2D eigenvalue weighted by Crippen LogP contribution is 2.13. The third-order valence-electron chi connectivity index (χ3n) is 3.51. The van der Waals surface area contributed by atoms with E-state index in [0.29, 0.717) is 6.54 Å². The van der Waals surface area contributed by atoms with E-state index < -0.39 is 0 Å². The predicted molar refractivity (Wildman–Crippen MR) is 90.5 cm³/mol. The molecule has 1 heterocycles. The third kappa shape index (κ3) is 5.28. The summed E-state index contributed by atoms with van der Waals surface area (Å²) in [5.74, 6) is 2.53. The van der Waals surface area contributed by atoms with Crippen molar-refractivity contribution >= 4 is 5.96 Å². The van der Waals surface area contributed by atoms with Gasteiger partial charge in [0.2, 0.25) is 0 Å². The quantitative estimate of drug-likeness (QED) is 0.455. The van der Waals surface area contributed by atoms with Crippen molar-refractivity contribution in [2.24, 2.45) is 12.0 Å². The Morgan fingerprint density at radius 3 is 2.91 bits per heavy atom. The van der Waals surface area contributed by atoms with Crippen molar-refractivity contribution in [3.63, 3.8) is 0 Å². The molecule has 0 saturated heterocycles. The molecule has 7 nitrogen and oxygen atoms in total. The van der Waals surface area contributed by atoms with Crippen LogP contribution in [-0.4, -0.2) is 41.4 Å². The minimum Gasteiger partial charge on any atom is -0.497 e. The van der Waals surface area contributed by atoms with Crippen LogP contribution in [-0.2, 0) is 20.0 Å². The average molecular weight is 316 g/mol. The Labute approximate surface area is 136 Å². The van der Waals surface area contributed by atoms with Gasteiger partial charge >= 0.3 is 0 Å². The molecule has 0 fully saturated rings. The molecule has 124 valence electrons. The maximum Gasteiger partial charge on any atom is 0.191 e. The molecular formula is C16H24N6O. The number of methoxy groups -OCH3 is 1. The molecule has 0 aliphatic carbocycles. The normalized spacial score (nSPS) is 11.3. The summed E-state index contributed by atoms with van der Waals surface area (Å²) in [5, 5.41) is 10.6. The van der Waals surface area contributed by atoms with Crippen molar-refractivity contribution < 1.29 is 4.74 Å². The molecule has 2 N–H and O–H groups in total. The molecule has 23 heavy (non-hydrogen) atoms. The summed E-state index contributed by atoms with van der Waals surface area (Å²) >= 11 is 0. The maximum absolute atomic E-state index is 5.24. The van der Waals surface area contributed by atoms with E-state index >= 15 is 0 Å². The van der Waals surface area contributed by atoms with Crippen LogP contribution < -0.4 is 15.4 Å². The van der Waals surface area contributed by atoms with Crippen molar-refractivity contribution in [2.75, 3.05) is 20.7 Å². The van der Waals surface area contributed by atoms with E-state index in [0.717, 1.165) is 36.9 Å². The molecule has 2 rings (SSSR count). The first kappa shape index (κ1) is 16.8. The fraction of sp³-hybridized carbons (Fsp3) is 0.438. The fourth-order valence-electron chi connectivity index (χ4n) is 2.19. The number of benzene rings is 1. The number of hydrogen-bond acceptors (Lipinski definition) is 4. The molecule has 1 aromatic carbocycles. The Morgan fingerprint density at radius 2 is 2.22 bits per heavy atom. The van der Waals surface area contributed by atoms with E-state index in [2.05, 4.69) is 37.8 Å². The molecule has 7 heteroatoms. The van der Waals surface area contributed by atoms with E-state index in [1.165, 1.54) is 5.56 Å². The number of hydrogen-bond donors (Lipinski definition) is 2. The summed E-state index contributed by atoms with van der Waals surface area (Å²) in [4.78, 5) is 8.38. The number of aryl methyl sites for hydroxylation is 2. The molecule has 0 bridgehead atoms. The van der Waals surface area contributed by atoms with Crippen LogP contribution in [0, 0.1) is 0 Å². The van der Waals surface area contributed by atoms with Gasteiger partial charge < -0.3 is 15.4 Å². The molecule has 0 atom stereocenters. The third-order valence-corrected chi connectivity index (χ3v) is 3.51. The van der Waals surface area contributed by atoms with Gasteiger partial charge in [0.25, 0.3) is 0 Å². The molecule has 0 unspecified atom stereocenters.